The number of carbonyl (C=O) groups is 4. The van der Waals surface area contributed by atoms with E-state index < -0.39 is 12.1 Å². The minimum absolute atomic E-state index is 0.155. The van der Waals surface area contributed by atoms with Gasteiger partial charge in [0.2, 0.25) is 11.8 Å². The van der Waals surface area contributed by atoms with Crippen LogP contribution in [0.4, 0.5) is 9.59 Å². The number of benzene rings is 4. The molecule has 10 rings (SSSR count). The molecule has 6 amide bonds. The normalized spacial score (nSPS) is 19.3. The molecule has 0 radical (unpaired) electrons. The quantitative estimate of drug-likeness (QED) is 0.0966. The molecule has 4 fully saturated rings. The number of hydrogen-bond donors (Lipinski definition) is 4. The summed E-state index contributed by atoms with van der Waals surface area (Å²) in [4.78, 5) is 81.0. The SMILES string of the molecule is O=C(N[C@@H](C(=O)N1CCC[C@H]1c1ncc(-c2ccc(Sc3ccc(-c4cnc([C@@H]5CCCN5C(=O)[C@H](NC(=O)N5CCOCC5)c5ccccc5)[nH]4)cc3)cc2)[nH]1)c1ccccc1)N1CCOCC1. The molecule has 69 heavy (non-hydrogen) atoms. The van der Waals surface area contributed by atoms with Crippen molar-refractivity contribution in [1.29, 1.82) is 0 Å². The van der Waals surface area contributed by atoms with Crippen LogP contribution in [0.2, 0.25) is 0 Å². The predicted octanol–water partition coefficient (Wildman–Crippen LogP) is 7.51. The summed E-state index contributed by atoms with van der Waals surface area (Å²) in [5, 5.41) is 6.06. The zero-order valence-electron chi connectivity index (χ0n) is 38.3. The van der Waals surface area contributed by atoms with Crippen molar-refractivity contribution in [3.05, 3.63) is 144 Å². The lowest BCUT2D eigenvalue weighted by Crippen LogP contribution is -2.50. The number of H-pyrrole nitrogens is 2. The van der Waals surface area contributed by atoms with Crippen LogP contribution in [-0.2, 0) is 19.1 Å². The maximum absolute atomic E-state index is 14.3. The highest BCUT2D eigenvalue weighted by molar-refractivity contribution is 7.99. The molecule has 4 atom stereocenters. The van der Waals surface area contributed by atoms with E-state index in [1.807, 2.05) is 82.9 Å². The second kappa shape index (κ2) is 21.1. The number of nitrogens with zero attached hydrogens (tertiary/aromatic N) is 6. The van der Waals surface area contributed by atoms with Crippen molar-refractivity contribution in [3.8, 4) is 22.5 Å². The van der Waals surface area contributed by atoms with E-state index in [1.54, 1.807) is 21.6 Å². The Kier molecular flexibility index (Phi) is 14.0. The maximum atomic E-state index is 14.3. The lowest BCUT2D eigenvalue weighted by molar-refractivity contribution is -0.135. The molecular weight excluding hydrogens is 893 g/mol. The maximum Gasteiger partial charge on any atom is 0.318 e. The molecule has 0 aliphatic carbocycles. The van der Waals surface area contributed by atoms with Gasteiger partial charge in [-0.15, -0.1) is 0 Å². The van der Waals surface area contributed by atoms with Crippen molar-refractivity contribution in [2.75, 3.05) is 65.7 Å². The first-order valence-electron chi connectivity index (χ1n) is 23.8. The molecular formula is C52H56N10O6S. The lowest BCUT2D eigenvalue weighted by atomic mass is 10.0. The summed E-state index contributed by atoms with van der Waals surface area (Å²) in [6.07, 6.45) is 6.84. The van der Waals surface area contributed by atoms with Crippen LogP contribution in [0.1, 0.15) is 72.6 Å². The molecule has 0 saturated carbocycles. The van der Waals surface area contributed by atoms with E-state index in [2.05, 4.69) is 69.1 Å². The molecule has 16 nitrogen and oxygen atoms in total. The van der Waals surface area contributed by atoms with Crippen molar-refractivity contribution in [2.24, 2.45) is 0 Å². The summed E-state index contributed by atoms with van der Waals surface area (Å²) in [5.41, 5.74) is 5.16. The number of aromatic amines is 2. The number of imidazole rings is 2. The number of ether oxygens (including phenoxy) is 2. The number of morpholine rings is 2. The second-order valence-corrected chi connectivity index (χ2v) is 18.8. The van der Waals surface area contributed by atoms with Gasteiger partial charge in [-0.05, 0) is 72.2 Å². The van der Waals surface area contributed by atoms with Crippen molar-refractivity contribution in [2.45, 2.75) is 59.6 Å². The Morgan fingerprint density at radius 2 is 0.928 bits per heavy atom. The fourth-order valence-corrected chi connectivity index (χ4v) is 10.5. The van der Waals surface area contributed by atoms with Crippen molar-refractivity contribution < 1.29 is 28.7 Å². The number of hydrogen-bond acceptors (Lipinski definition) is 9. The summed E-state index contributed by atoms with van der Waals surface area (Å²) < 4.78 is 10.9. The first-order valence-corrected chi connectivity index (χ1v) is 24.6. The van der Waals surface area contributed by atoms with E-state index in [4.69, 9.17) is 19.4 Å². The van der Waals surface area contributed by atoms with E-state index in [-0.39, 0.29) is 36.0 Å². The van der Waals surface area contributed by atoms with Gasteiger partial charge in [-0.2, -0.15) is 0 Å². The number of nitrogens with one attached hydrogen (secondary N) is 4. The van der Waals surface area contributed by atoms with Gasteiger partial charge in [0.25, 0.3) is 0 Å². The molecule has 4 aromatic carbocycles. The van der Waals surface area contributed by atoms with Gasteiger partial charge in [-0.1, -0.05) is 96.7 Å². The Balaban J connectivity index is 0.766. The largest absolute Gasteiger partial charge is 0.378 e. The van der Waals surface area contributed by atoms with E-state index in [1.165, 1.54) is 0 Å². The van der Waals surface area contributed by atoms with E-state index >= 15 is 0 Å². The minimum Gasteiger partial charge on any atom is -0.378 e. The fraction of sp³-hybridized carbons (Fsp3) is 0.346. The summed E-state index contributed by atoms with van der Waals surface area (Å²) in [7, 11) is 0. The first kappa shape index (κ1) is 45.8. The van der Waals surface area contributed by atoms with E-state index in [9.17, 15) is 19.2 Å². The topological polar surface area (TPSA) is 181 Å². The summed E-state index contributed by atoms with van der Waals surface area (Å²) >= 11 is 1.66. The van der Waals surface area contributed by atoms with Gasteiger partial charge in [-0.3, -0.25) is 9.59 Å². The fourth-order valence-electron chi connectivity index (χ4n) is 9.64. The van der Waals surface area contributed by atoms with Gasteiger partial charge < -0.3 is 49.7 Å². The van der Waals surface area contributed by atoms with Crippen LogP contribution in [-0.4, -0.2) is 129 Å². The van der Waals surface area contributed by atoms with Crippen molar-refractivity contribution in [1.82, 2.24) is 50.2 Å². The standard InChI is InChI=1S/C52H56N10O6S/c63-49(45(37-9-3-1-4-10-37)57-51(65)59-25-29-67-30-26-59)61-23-7-13-43(61)47-53-33-41(55-47)35-15-19-39(20-16-35)69-40-21-17-36(18-22-40)42-34-54-48(56-42)44-14-8-24-62(44)50(64)46(38-11-5-2-6-12-38)58-52(66)60-27-31-68-32-28-60/h1-6,9-12,15-22,33-34,43-46H,7-8,13-14,23-32H2,(H,53,55)(H,54,56)(H,57,65)(H,58,66)/t43-,44-,45+,46+/m0/s1. The summed E-state index contributed by atoms with van der Waals surface area (Å²) in [5.74, 6) is 1.14. The Morgan fingerprint density at radius 1 is 0.536 bits per heavy atom. The smallest absolute Gasteiger partial charge is 0.318 e. The Labute approximate surface area is 405 Å². The molecule has 4 saturated heterocycles. The first-order chi connectivity index (χ1) is 33.9. The highest BCUT2D eigenvalue weighted by atomic mass is 32.2. The Morgan fingerprint density at radius 3 is 1.32 bits per heavy atom. The number of urea groups is 2. The van der Waals surface area contributed by atoms with Crippen LogP contribution in [0.5, 0.6) is 0 Å². The molecule has 17 heteroatoms. The van der Waals surface area contributed by atoms with Crippen LogP contribution < -0.4 is 10.6 Å². The van der Waals surface area contributed by atoms with Crippen LogP contribution in [0, 0.1) is 0 Å². The van der Waals surface area contributed by atoms with Gasteiger partial charge in [0.1, 0.15) is 23.7 Å². The Hall–Kier alpha value is -6.95. The predicted molar refractivity (Wildman–Crippen MR) is 260 cm³/mol. The zero-order chi connectivity index (χ0) is 47.1. The average molecular weight is 949 g/mol. The molecule has 4 aliphatic rings. The molecule has 4 aliphatic heterocycles. The van der Waals surface area contributed by atoms with Crippen molar-refractivity contribution in [3.63, 3.8) is 0 Å². The number of carbonyl (C=O) groups excluding carboxylic acids is 4. The molecule has 2 aromatic heterocycles. The third kappa shape index (κ3) is 10.4. The molecule has 6 heterocycles. The Bertz CT molecular complexity index is 2520. The number of aromatic nitrogens is 4. The third-order valence-electron chi connectivity index (χ3n) is 13.4. The minimum atomic E-state index is -0.827. The summed E-state index contributed by atoms with van der Waals surface area (Å²) in [6, 6.07) is 32.8. The molecule has 0 bridgehead atoms. The average Bonchev–Trinajstić information content (AvgIpc) is 4.27. The molecule has 6 aromatic rings. The number of amides is 6. The highest BCUT2D eigenvalue weighted by Gasteiger charge is 2.39. The van der Waals surface area contributed by atoms with Gasteiger partial charge in [0.05, 0.1) is 62.3 Å². The number of likely N-dealkylation sites (tertiary alicyclic amines) is 2. The molecule has 4 N–H and O–H groups in total. The summed E-state index contributed by atoms with van der Waals surface area (Å²) in [6.45, 7) is 4.98. The van der Waals surface area contributed by atoms with Crippen LogP contribution >= 0.6 is 11.8 Å². The number of rotatable bonds is 12. The lowest BCUT2D eigenvalue weighted by Gasteiger charge is -2.32. The molecule has 0 unspecified atom stereocenters. The van der Waals surface area contributed by atoms with Gasteiger partial charge >= 0.3 is 12.1 Å². The van der Waals surface area contributed by atoms with Crippen LogP contribution in [0.15, 0.2) is 131 Å². The van der Waals surface area contributed by atoms with Crippen LogP contribution in [0.25, 0.3) is 22.5 Å². The van der Waals surface area contributed by atoms with Crippen molar-refractivity contribution >= 4 is 35.6 Å². The van der Waals surface area contributed by atoms with Gasteiger partial charge in [0, 0.05) is 49.1 Å². The zero-order valence-corrected chi connectivity index (χ0v) is 39.1. The molecule has 356 valence electrons. The molecule has 0 spiro atoms. The van der Waals surface area contributed by atoms with E-state index in [0.29, 0.717) is 65.7 Å². The van der Waals surface area contributed by atoms with Crippen LogP contribution in [0.3, 0.4) is 0 Å². The van der Waals surface area contributed by atoms with E-state index in [0.717, 1.165) is 80.8 Å². The van der Waals surface area contributed by atoms with Gasteiger partial charge in [-0.25, -0.2) is 19.6 Å². The third-order valence-corrected chi connectivity index (χ3v) is 14.4. The monoisotopic (exact) mass is 948 g/mol. The van der Waals surface area contributed by atoms with Gasteiger partial charge in [0.15, 0.2) is 0 Å². The second-order valence-electron chi connectivity index (χ2n) is 17.7. The highest BCUT2D eigenvalue weighted by Crippen LogP contribution is 2.37.